The Morgan fingerprint density at radius 1 is 1.30 bits per heavy atom. The molecule has 1 heterocycles. The van der Waals surface area contributed by atoms with Crippen LogP contribution in [0.3, 0.4) is 0 Å². The summed E-state index contributed by atoms with van der Waals surface area (Å²) in [6.07, 6.45) is 2.91. The summed E-state index contributed by atoms with van der Waals surface area (Å²) in [5, 5.41) is 0. The molecule has 1 aromatic carbocycles. The number of aryl methyl sites for hydroxylation is 2. The van der Waals surface area contributed by atoms with E-state index in [0.717, 1.165) is 30.4 Å². The van der Waals surface area contributed by atoms with Crippen molar-refractivity contribution in [1.29, 1.82) is 0 Å². The topological polar surface area (TPSA) is 63.4 Å². The van der Waals surface area contributed by atoms with Gasteiger partial charge < -0.3 is 5.73 Å². The maximum Gasteiger partial charge on any atom is 0.243 e. The fourth-order valence-electron chi connectivity index (χ4n) is 2.74. The van der Waals surface area contributed by atoms with E-state index in [2.05, 4.69) is 0 Å². The zero-order valence-electron chi connectivity index (χ0n) is 12.3. The molecule has 1 saturated heterocycles. The first-order chi connectivity index (χ1) is 9.45. The average Bonchev–Trinajstić information content (AvgIpc) is 2.42. The molecule has 1 aliphatic rings. The molecule has 112 valence electrons. The van der Waals surface area contributed by atoms with Gasteiger partial charge in [-0.05, 0) is 68.8 Å². The second kappa shape index (κ2) is 6.24. The Kier molecular flexibility index (Phi) is 4.83. The second-order valence-corrected chi connectivity index (χ2v) is 7.63. The highest BCUT2D eigenvalue weighted by molar-refractivity contribution is 7.89. The van der Waals surface area contributed by atoms with Gasteiger partial charge in [-0.2, -0.15) is 4.31 Å². The molecule has 20 heavy (non-hydrogen) atoms. The van der Waals surface area contributed by atoms with Crippen LogP contribution in [0.1, 0.15) is 30.4 Å². The molecule has 5 heteroatoms. The average molecular weight is 296 g/mol. The van der Waals surface area contributed by atoms with Gasteiger partial charge in [-0.25, -0.2) is 8.42 Å². The fraction of sp³-hybridized carbons (Fsp3) is 0.600. The van der Waals surface area contributed by atoms with Crippen molar-refractivity contribution in [3.63, 3.8) is 0 Å². The first kappa shape index (κ1) is 15.5. The number of nitrogens with two attached hydrogens (primary N) is 1. The van der Waals surface area contributed by atoms with Gasteiger partial charge in [0.25, 0.3) is 0 Å². The molecule has 2 rings (SSSR count). The highest BCUT2D eigenvalue weighted by atomic mass is 32.2. The number of sulfonamides is 1. The standard InChI is InChI=1S/C15H24N2O2S/c1-12-5-6-15(10-13(12)2)20(18,19)17-9-3-4-14(11-17)7-8-16/h5-6,10,14H,3-4,7-9,11,16H2,1-2H3. The Morgan fingerprint density at radius 2 is 2.05 bits per heavy atom. The quantitative estimate of drug-likeness (QED) is 0.925. The predicted octanol–water partition coefficient (Wildman–Crippen LogP) is 2.05. The fourth-order valence-corrected chi connectivity index (χ4v) is 4.38. The van der Waals surface area contributed by atoms with Crippen molar-refractivity contribution >= 4 is 10.0 Å². The third-order valence-electron chi connectivity index (χ3n) is 4.17. The van der Waals surface area contributed by atoms with Crippen molar-refractivity contribution in [1.82, 2.24) is 4.31 Å². The van der Waals surface area contributed by atoms with Crippen LogP contribution in [-0.2, 0) is 10.0 Å². The molecular formula is C15H24N2O2S. The summed E-state index contributed by atoms with van der Waals surface area (Å²) in [7, 11) is -3.36. The molecule has 0 radical (unpaired) electrons. The maximum absolute atomic E-state index is 12.7. The lowest BCUT2D eigenvalue weighted by atomic mass is 9.96. The third-order valence-corrected chi connectivity index (χ3v) is 6.03. The molecule has 0 aromatic heterocycles. The molecule has 1 fully saturated rings. The van der Waals surface area contributed by atoms with Gasteiger partial charge in [-0.1, -0.05) is 6.07 Å². The predicted molar refractivity (Wildman–Crippen MR) is 81.1 cm³/mol. The highest BCUT2D eigenvalue weighted by Gasteiger charge is 2.29. The van der Waals surface area contributed by atoms with Crippen LogP contribution in [0.2, 0.25) is 0 Å². The number of rotatable bonds is 4. The molecule has 2 N–H and O–H groups in total. The van der Waals surface area contributed by atoms with Gasteiger partial charge in [0.1, 0.15) is 0 Å². The summed E-state index contributed by atoms with van der Waals surface area (Å²) >= 11 is 0. The number of hydrogen-bond acceptors (Lipinski definition) is 3. The molecule has 1 aliphatic heterocycles. The minimum Gasteiger partial charge on any atom is -0.330 e. The van der Waals surface area contributed by atoms with Gasteiger partial charge >= 0.3 is 0 Å². The lowest BCUT2D eigenvalue weighted by molar-refractivity contribution is 0.258. The summed E-state index contributed by atoms with van der Waals surface area (Å²) < 4.78 is 27.0. The van der Waals surface area contributed by atoms with Crippen molar-refractivity contribution in [3.05, 3.63) is 29.3 Å². The highest BCUT2D eigenvalue weighted by Crippen LogP contribution is 2.26. The van der Waals surface area contributed by atoms with E-state index in [1.54, 1.807) is 16.4 Å². The zero-order chi connectivity index (χ0) is 14.8. The number of benzene rings is 1. The van der Waals surface area contributed by atoms with E-state index in [1.807, 2.05) is 19.9 Å². The smallest absolute Gasteiger partial charge is 0.243 e. The van der Waals surface area contributed by atoms with Crippen LogP contribution in [0.25, 0.3) is 0 Å². The summed E-state index contributed by atoms with van der Waals surface area (Å²) in [6, 6.07) is 5.37. The lowest BCUT2D eigenvalue weighted by Gasteiger charge is -2.31. The molecule has 0 saturated carbocycles. The van der Waals surface area contributed by atoms with Crippen molar-refractivity contribution in [2.24, 2.45) is 11.7 Å². The minimum atomic E-state index is -3.36. The Bertz CT molecular complexity index is 567. The van der Waals surface area contributed by atoms with Crippen LogP contribution in [0.15, 0.2) is 23.1 Å². The van der Waals surface area contributed by atoms with E-state index < -0.39 is 10.0 Å². The van der Waals surface area contributed by atoms with Gasteiger partial charge in [-0.3, -0.25) is 0 Å². The third kappa shape index (κ3) is 3.22. The van der Waals surface area contributed by atoms with Crippen LogP contribution in [0.4, 0.5) is 0 Å². The minimum absolute atomic E-state index is 0.398. The molecule has 1 unspecified atom stereocenters. The van der Waals surface area contributed by atoms with Crippen molar-refractivity contribution in [2.75, 3.05) is 19.6 Å². The summed E-state index contributed by atoms with van der Waals surface area (Å²) in [4.78, 5) is 0.411. The largest absolute Gasteiger partial charge is 0.330 e. The Balaban J connectivity index is 2.23. The normalized spacial score (nSPS) is 21.1. The van der Waals surface area contributed by atoms with Crippen LogP contribution in [0.5, 0.6) is 0 Å². The molecule has 0 spiro atoms. The SMILES string of the molecule is Cc1ccc(S(=O)(=O)N2CCCC(CCN)C2)cc1C. The van der Waals surface area contributed by atoms with Crippen molar-refractivity contribution in [3.8, 4) is 0 Å². The zero-order valence-corrected chi connectivity index (χ0v) is 13.1. The Morgan fingerprint density at radius 3 is 2.70 bits per heavy atom. The molecular weight excluding hydrogens is 272 g/mol. The van der Waals surface area contributed by atoms with Gasteiger partial charge in [0.15, 0.2) is 0 Å². The van der Waals surface area contributed by atoms with Crippen molar-refractivity contribution < 1.29 is 8.42 Å². The summed E-state index contributed by atoms with van der Waals surface area (Å²) in [5.41, 5.74) is 7.72. The van der Waals surface area contributed by atoms with E-state index in [4.69, 9.17) is 5.73 Å². The molecule has 1 atom stereocenters. The van der Waals surface area contributed by atoms with E-state index >= 15 is 0 Å². The number of nitrogens with zero attached hydrogens (tertiary/aromatic N) is 1. The van der Waals surface area contributed by atoms with Gasteiger partial charge in [0.2, 0.25) is 10.0 Å². The maximum atomic E-state index is 12.7. The number of piperidine rings is 1. The van der Waals surface area contributed by atoms with Crippen LogP contribution in [-0.4, -0.2) is 32.4 Å². The van der Waals surface area contributed by atoms with Crippen molar-refractivity contribution in [2.45, 2.75) is 38.0 Å². The number of hydrogen-bond donors (Lipinski definition) is 1. The monoisotopic (exact) mass is 296 g/mol. The van der Waals surface area contributed by atoms with E-state index in [0.29, 0.717) is 30.4 Å². The molecule has 0 bridgehead atoms. The van der Waals surface area contributed by atoms with Gasteiger partial charge in [0, 0.05) is 13.1 Å². The lowest BCUT2D eigenvalue weighted by Crippen LogP contribution is -2.40. The molecule has 1 aromatic rings. The molecule has 0 aliphatic carbocycles. The van der Waals surface area contributed by atoms with E-state index in [1.165, 1.54) is 0 Å². The Hall–Kier alpha value is -0.910. The van der Waals surface area contributed by atoms with E-state index in [-0.39, 0.29) is 0 Å². The van der Waals surface area contributed by atoms with E-state index in [9.17, 15) is 8.42 Å². The second-order valence-electron chi connectivity index (χ2n) is 5.69. The van der Waals surface area contributed by atoms with Crippen LogP contribution in [0, 0.1) is 19.8 Å². The van der Waals surface area contributed by atoms with Gasteiger partial charge in [-0.15, -0.1) is 0 Å². The molecule has 4 nitrogen and oxygen atoms in total. The first-order valence-corrected chi connectivity index (χ1v) is 8.66. The summed E-state index contributed by atoms with van der Waals surface area (Å²) in [6.45, 7) is 5.79. The van der Waals surface area contributed by atoms with Crippen LogP contribution < -0.4 is 5.73 Å². The first-order valence-electron chi connectivity index (χ1n) is 7.22. The summed E-state index contributed by atoms with van der Waals surface area (Å²) in [5.74, 6) is 0.398. The molecule has 0 amide bonds. The van der Waals surface area contributed by atoms with Crippen LogP contribution >= 0.6 is 0 Å². The Labute approximate surface area is 122 Å². The van der Waals surface area contributed by atoms with Gasteiger partial charge in [0.05, 0.1) is 4.90 Å².